The largest absolute Gasteiger partial charge is 0.151 e. The highest BCUT2D eigenvalue weighted by molar-refractivity contribution is 8.02. The summed E-state index contributed by atoms with van der Waals surface area (Å²) in [7, 11) is 0. The Morgan fingerprint density at radius 3 is 3.27 bits per heavy atom. The van der Waals surface area contributed by atoms with Crippen LogP contribution in [0.4, 0.5) is 0 Å². The molecule has 2 heterocycles. The third-order valence-electron chi connectivity index (χ3n) is 2.10. The van der Waals surface area contributed by atoms with E-state index in [0.717, 1.165) is 0 Å². The minimum Gasteiger partial charge on any atom is -0.151 e. The predicted molar refractivity (Wildman–Crippen MR) is 52.7 cm³/mol. The van der Waals surface area contributed by atoms with Gasteiger partial charge < -0.3 is 0 Å². The van der Waals surface area contributed by atoms with Gasteiger partial charge in [-0.05, 0) is 39.0 Å². The molecule has 1 aliphatic heterocycles. The van der Waals surface area contributed by atoms with E-state index in [9.17, 15) is 0 Å². The van der Waals surface area contributed by atoms with Crippen molar-refractivity contribution in [2.24, 2.45) is 0 Å². The van der Waals surface area contributed by atoms with Crippen LogP contribution in [0.25, 0.3) is 11.6 Å². The fraction of sp³-hybridized carbons (Fsp3) is 0.111. The first kappa shape index (κ1) is 6.09. The molecule has 11 heavy (non-hydrogen) atoms. The Kier molecular flexibility index (Phi) is 1.12. The molecule has 0 bridgehead atoms. The fourth-order valence-electron chi connectivity index (χ4n) is 1.55. The molecule has 0 saturated heterocycles. The van der Waals surface area contributed by atoms with Gasteiger partial charge in [0.25, 0.3) is 0 Å². The lowest BCUT2D eigenvalue weighted by Crippen LogP contribution is -1.76. The molecule has 1 aliphatic carbocycles. The maximum absolute atomic E-state index is 2.32. The third kappa shape index (κ3) is 0.713. The zero-order valence-corrected chi connectivity index (χ0v) is 7.47. The highest BCUT2D eigenvalue weighted by atomic mass is 32.2. The molecule has 2 heteroatoms. The minimum absolute atomic E-state index is 1.18. The molecule has 0 atom stereocenters. The number of thiophene rings is 1. The second kappa shape index (κ2) is 2.02. The van der Waals surface area contributed by atoms with Crippen molar-refractivity contribution in [2.45, 2.75) is 0 Å². The quantitative estimate of drug-likeness (QED) is 0.587. The maximum atomic E-state index is 2.32. The van der Waals surface area contributed by atoms with E-state index in [-0.39, 0.29) is 0 Å². The number of rotatable bonds is 0. The molecule has 0 unspecified atom stereocenters. The van der Waals surface area contributed by atoms with E-state index in [1.54, 1.807) is 11.3 Å². The summed E-state index contributed by atoms with van der Waals surface area (Å²) < 4.78 is 0. The van der Waals surface area contributed by atoms with E-state index in [1.165, 1.54) is 28.0 Å². The van der Waals surface area contributed by atoms with Crippen LogP contribution in [-0.2, 0) is 0 Å². The Balaban J connectivity index is 2.32. The molecule has 0 radical (unpaired) electrons. The normalized spacial score (nSPS) is 19.3. The Morgan fingerprint density at radius 2 is 2.27 bits per heavy atom. The molecule has 0 aromatic carbocycles. The van der Waals surface area contributed by atoms with Crippen molar-refractivity contribution in [2.75, 3.05) is 5.75 Å². The Bertz CT molecular complexity index is 369. The van der Waals surface area contributed by atoms with Gasteiger partial charge >= 0.3 is 0 Å². The molecule has 0 N–H and O–H groups in total. The van der Waals surface area contributed by atoms with E-state index in [2.05, 4.69) is 22.2 Å². The van der Waals surface area contributed by atoms with Crippen LogP contribution < -0.4 is 0 Å². The highest BCUT2D eigenvalue weighted by Crippen LogP contribution is 2.44. The second-order valence-corrected chi connectivity index (χ2v) is 4.35. The number of allylic oxidation sites excluding steroid dienone is 1. The lowest BCUT2D eigenvalue weighted by Gasteiger charge is -1.91. The van der Waals surface area contributed by atoms with Crippen molar-refractivity contribution in [1.29, 1.82) is 0 Å². The summed E-state index contributed by atoms with van der Waals surface area (Å²) in [4.78, 5) is 0. The molecule has 0 fully saturated rings. The third-order valence-corrected chi connectivity index (χ3v) is 3.74. The first-order chi connectivity index (χ1) is 5.45. The van der Waals surface area contributed by atoms with Crippen molar-refractivity contribution < 1.29 is 0 Å². The minimum atomic E-state index is 1.18. The molecular weight excluding hydrogens is 172 g/mol. The molecule has 1 aromatic rings. The summed E-state index contributed by atoms with van der Waals surface area (Å²) in [5.74, 6) is 1.18. The van der Waals surface area contributed by atoms with Crippen LogP contribution in [0.2, 0.25) is 0 Å². The summed E-state index contributed by atoms with van der Waals surface area (Å²) in [5.41, 5.74) is 5.88. The van der Waals surface area contributed by atoms with Gasteiger partial charge in [-0.1, -0.05) is 0 Å². The molecule has 3 rings (SSSR count). The topological polar surface area (TPSA) is 0 Å². The van der Waals surface area contributed by atoms with Gasteiger partial charge in [-0.25, -0.2) is 0 Å². The van der Waals surface area contributed by atoms with Gasteiger partial charge in [-0.2, -0.15) is 11.3 Å². The van der Waals surface area contributed by atoms with Crippen molar-refractivity contribution in [3.05, 3.63) is 32.9 Å². The molecule has 0 spiro atoms. The lowest BCUT2D eigenvalue weighted by molar-refractivity contribution is 1.67. The van der Waals surface area contributed by atoms with E-state index in [1.807, 2.05) is 11.8 Å². The lowest BCUT2D eigenvalue weighted by atomic mass is 10.1. The average Bonchev–Trinajstić information content (AvgIpc) is 2.52. The Morgan fingerprint density at radius 1 is 1.27 bits per heavy atom. The molecule has 0 amide bonds. The van der Waals surface area contributed by atoms with Gasteiger partial charge in [-0.3, -0.25) is 0 Å². The van der Waals surface area contributed by atoms with Crippen molar-refractivity contribution in [3.8, 4) is 0 Å². The van der Waals surface area contributed by atoms with Crippen molar-refractivity contribution in [3.63, 3.8) is 0 Å². The molecule has 2 aliphatic rings. The average molecular weight is 178 g/mol. The zero-order chi connectivity index (χ0) is 7.26. The molecular formula is C9H6S2. The van der Waals surface area contributed by atoms with Crippen molar-refractivity contribution >= 4 is 34.7 Å². The molecule has 0 nitrogen and oxygen atoms in total. The number of hydrogen-bond acceptors (Lipinski definition) is 2. The summed E-state index contributed by atoms with van der Waals surface area (Å²) in [6.45, 7) is 0. The van der Waals surface area contributed by atoms with Crippen LogP contribution in [0.15, 0.2) is 21.7 Å². The summed E-state index contributed by atoms with van der Waals surface area (Å²) in [6, 6.07) is 0. The van der Waals surface area contributed by atoms with Gasteiger partial charge in [0.05, 0.1) is 0 Å². The van der Waals surface area contributed by atoms with Crippen molar-refractivity contribution in [1.82, 2.24) is 0 Å². The Hall–Kier alpha value is -0.470. The smallest absolute Gasteiger partial charge is 0.0232 e. The summed E-state index contributed by atoms with van der Waals surface area (Å²) in [6.07, 6.45) is 2.32. The summed E-state index contributed by atoms with van der Waals surface area (Å²) >= 11 is 3.70. The number of thioether (sulfide) groups is 1. The molecule has 0 saturated carbocycles. The van der Waals surface area contributed by atoms with Crippen LogP contribution >= 0.6 is 23.1 Å². The van der Waals surface area contributed by atoms with E-state index in [4.69, 9.17) is 0 Å². The van der Waals surface area contributed by atoms with E-state index in [0.29, 0.717) is 0 Å². The SMILES string of the molecule is C1=C2CSC=C2c2cscc21. The molecule has 1 aromatic heterocycles. The highest BCUT2D eigenvalue weighted by Gasteiger charge is 2.22. The van der Waals surface area contributed by atoms with E-state index < -0.39 is 0 Å². The van der Waals surface area contributed by atoms with Gasteiger partial charge in [0.2, 0.25) is 0 Å². The van der Waals surface area contributed by atoms with Crippen LogP contribution in [-0.4, -0.2) is 5.75 Å². The zero-order valence-electron chi connectivity index (χ0n) is 5.83. The van der Waals surface area contributed by atoms with Gasteiger partial charge in [0.1, 0.15) is 0 Å². The molecule has 54 valence electrons. The maximum Gasteiger partial charge on any atom is 0.0232 e. The predicted octanol–water partition coefficient (Wildman–Crippen LogP) is 3.23. The van der Waals surface area contributed by atoms with Gasteiger partial charge in [-0.15, -0.1) is 11.8 Å². The summed E-state index contributed by atoms with van der Waals surface area (Å²) in [5, 5.41) is 6.76. The van der Waals surface area contributed by atoms with Crippen LogP contribution in [0.5, 0.6) is 0 Å². The first-order valence-electron chi connectivity index (χ1n) is 3.54. The standard InChI is InChI=1S/C9H6S2/c1-6-2-10-4-8(6)9-5-11-3-7(1)9/h1-2,4-5H,3H2. The fourth-order valence-corrected chi connectivity index (χ4v) is 3.30. The van der Waals surface area contributed by atoms with Crippen LogP contribution in [0, 0.1) is 0 Å². The van der Waals surface area contributed by atoms with Crippen LogP contribution in [0.3, 0.4) is 0 Å². The van der Waals surface area contributed by atoms with E-state index >= 15 is 0 Å². The monoisotopic (exact) mass is 178 g/mol. The number of hydrogen-bond donors (Lipinski definition) is 0. The van der Waals surface area contributed by atoms with Crippen LogP contribution in [0.1, 0.15) is 11.1 Å². The van der Waals surface area contributed by atoms with Gasteiger partial charge in [0, 0.05) is 11.3 Å². The first-order valence-corrected chi connectivity index (χ1v) is 5.53. The number of fused-ring (bicyclic) bond motifs is 3. The Labute approximate surface area is 73.6 Å². The second-order valence-electron chi connectivity index (χ2n) is 2.75. The van der Waals surface area contributed by atoms with Gasteiger partial charge in [0.15, 0.2) is 0 Å².